The molecule has 0 spiro atoms. The average molecular weight is 274 g/mol. The van der Waals surface area contributed by atoms with Gasteiger partial charge in [0.2, 0.25) is 0 Å². The van der Waals surface area contributed by atoms with Gasteiger partial charge in [0, 0.05) is 17.3 Å². The van der Waals surface area contributed by atoms with E-state index in [1.54, 1.807) is 29.2 Å². The molecule has 6 heteroatoms. The van der Waals surface area contributed by atoms with Gasteiger partial charge in [-0.25, -0.2) is 15.0 Å². The van der Waals surface area contributed by atoms with Crippen LogP contribution in [-0.2, 0) is 0 Å². The second kappa shape index (κ2) is 4.55. The highest BCUT2D eigenvalue weighted by molar-refractivity contribution is 7.99. The predicted octanol–water partition coefficient (Wildman–Crippen LogP) is 3.13. The van der Waals surface area contributed by atoms with Gasteiger partial charge < -0.3 is 5.73 Å². The first-order valence-corrected chi connectivity index (χ1v) is 7.02. The largest absolute Gasteiger partial charge is 0.396 e. The van der Waals surface area contributed by atoms with Crippen LogP contribution < -0.4 is 5.73 Å². The third-order valence-corrected chi connectivity index (χ3v) is 4.22. The summed E-state index contributed by atoms with van der Waals surface area (Å²) in [6.45, 7) is 1.96. The molecule has 2 heterocycles. The van der Waals surface area contributed by atoms with Crippen molar-refractivity contribution in [2.24, 2.45) is 0 Å². The van der Waals surface area contributed by atoms with Crippen molar-refractivity contribution in [1.82, 2.24) is 15.0 Å². The smallest absolute Gasteiger partial charge is 0.192 e. The summed E-state index contributed by atoms with van der Waals surface area (Å²) in [5.41, 5.74) is 10.5. The first-order chi connectivity index (χ1) is 8.74. The van der Waals surface area contributed by atoms with E-state index in [4.69, 9.17) is 5.73 Å². The molecule has 90 valence electrons. The summed E-state index contributed by atoms with van der Waals surface area (Å²) < 4.78 is 1.10. The van der Waals surface area contributed by atoms with Gasteiger partial charge in [-0.2, -0.15) is 0 Å². The van der Waals surface area contributed by atoms with E-state index >= 15 is 0 Å². The number of rotatable bonds is 2. The molecule has 0 amide bonds. The zero-order valence-electron chi connectivity index (χ0n) is 9.62. The number of nitrogen functional groups attached to an aromatic ring is 1. The normalized spacial score (nSPS) is 10.9. The Morgan fingerprint density at radius 3 is 2.72 bits per heavy atom. The number of anilines is 1. The maximum absolute atomic E-state index is 6.11. The summed E-state index contributed by atoms with van der Waals surface area (Å²) in [7, 11) is 0. The van der Waals surface area contributed by atoms with E-state index in [2.05, 4.69) is 15.0 Å². The molecular formula is C12H10N4S2. The minimum atomic E-state index is 0.696. The minimum Gasteiger partial charge on any atom is -0.396 e. The van der Waals surface area contributed by atoms with Gasteiger partial charge in [0.05, 0.1) is 15.9 Å². The highest BCUT2D eigenvalue weighted by Crippen LogP contribution is 2.35. The van der Waals surface area contributed by atoms with Crippen molar-refractivity contribution >= 4 is 39.0 Å². The highest BCUT2D eigenvalue weighted by Gasteiger charge is 2.09. The minimum absolute atomic E-state index is 0.696. The van der Waals surface area contributed by atoms with Gasteiger partial charge in [-0.3, -0.25) is 0 Å². The molecule has 0 aliphatic rings. The molecule has 0 fully saturated rings. The Labute approximate surface area is 112 Å². The number of hydrogen-bond acceptors (Lipinski definition) is 6. The van der Waals surface area contributed by atoms with Gasteiger partial charge in [0.1, 0.15) is 5.52 Å². The molecule has 3 aromatic rings. The summed E-state index contributed by atoms with van der Waals surface area (Å²) in [5, 5.41) is 0.696. The molecular weight excluding hydrogens is 264 g/mol. The number of hydrogen-bond donors (Lipinski definition) is 1. The Balaban J connectivity index is 1.99. The zero-order chi connectivity index (χ0) is 12.5. The van der Waals surface area contributed by atoms with Crippen LogP contribution >= 0.6 is 23.1 Å². The van der Waals surface area contributed by atoms with Crippen LogP contribution in [0.25, 0.3) is 10.2 Å². The molecule has 0 saturated carbocycles. The van der Waals surface area contributed by atoms with Crippen LogP contribution in [0.4, 0.5) is 5.69 Å². The molecule has 1 aromatic carbocycles. The van der Waals surface area contributed by atoms with Crippen molar-refractivity contribution in [3.8, 4) is 0 Å². The number of benzene rings is 1. The van der Waals surface area contributed by atoms with E-state index in [-0.39, 0.29) is 0 Å². The van der Waals surface area contributed by atoms with Crippen LogP contribution in [0.2, 0.25) is 0 Å². The first-order valence-electron chi connectivity index (χ1n) is 5.32. The molecule has 0 radical (unpaired) electrons. The first kappa shape index (κ1) is 11.4. The second-order valence-corrected chi connectivity index (χ2v) is 5.72. The monoisotopic (exact) mass is 274 g/mol. The molecule has 0 saturated heterocycles. The second-order valence-electron chi connectivity index (χ2n) is 3.82. The number of nitrogens with two attached hydrogens (primary N) is 1. The van der Waals surface area contributed by atoms with Gasteiger partial charge in [0.25, 0.3) is 0 Å². The van der Waals surface area contributed by atoms with Crippen molar-refractivity contribution in [3.63, 3.8) is 0 Å². The van der Waals surface area contributed by atoms with Crippen molar-refractivity contribution < 1.29 is 0 Å². The van der Waals surface area contributed by atoms with Gasteiger partial charge in [0.15, 0.2) is 5.16 Å². The predicted molar refractivity (Wildman–Crippen MR) is 74.9 cm³/mol. The summed E-state index contributed by atoms with van der Waals surface area (Å²) in [5.74, 6) is 0. The van der Waals surface area contributed by atoms with Crippen LogP contribution in [0, 0.1) is 6.92 Å². The van der Waals surface area contributed by atoms with E-state index in [1.165, 1.54) is 11.8 Å². The Morgan fingerprint density at radius 1 is 1.17 bits per heavy atom. The maximum atomic E-state index is 6.11. The van der Waals surface area contributed by atoms with Crippen LogP contribution in [-0.4, -0.2) is 15.0 Å². The van der Waals surface area contributed by atoms with Gasteiger partial charge in [-0.15, -0.1) is 11.3 Å². The van der Waals surface area contributed by atoms with Gasteiger partial charge in [-0.1, -0.05) is 0 Å². The third-order valence-electron chi connectivity index (χ3n) is 2.46. The Hall–Kier alpha value is -1.66. The lowest BCUT2D eigenvalue weighted by atomic mass is 10.3. The van der Waals surface area contributed by atoms with Crippen LogP contribution in [0.5, 0.6) is 0 Å². The van der Waals surface area contributed by atoms with Crippen molar-refractivity contribution in [2.75, 3.05) is 5.73 Å². The molecule has 0 bridgehead atoms. The quantitative estimate of drug-likeness (QED) is 0.574. The van der Waals surface area contributed by atoms with Crippen LogP contribution in [0.15, 0.2) is 40.1 Å². The molecule has 0 unspecified atom stereocenters. The summed E-state index contributed by atoms with van der Waals surface area (Å²) >= 11 is 3.05. The fourth-order valence-electron chi connectivity index (χ4n) is 1.55. The summed E-state index contributed by atoms with van der Waals surface area (Å²) in [4.78, 5) is 13.7. The summed E-state index contributed by atoms with van der Waals surface area (Å²) in [6.07, 6.45) is 3.60. The lowest BCUT2D eigenvalue weighted by molar-refractivity contribution is 0.950. The number of aromatic nitrogens is 3. The van der Waals surface area contributed by atoms with Crippen LogP contribution in [0.3, 0.4) is 0 Å². The fraction of sp³-hybridized carbons (Fsp3) is 0.0833. The number of fused-ring (bicyclic) bond motifs is 1. The highest BCUT2D eigenvalue weighted by atomic mass is 32.2. The average Bonchev–Trinajstić information content (AvgIpc) is 2.84. The van der Waals surface area contributed by atoms with E-state index in [9.17, 15) is 0 Å². The Morgan fingerprint density at radius 2 is 1.94 bits per heavy atom. The molecule has 2 N–H and O–H groups in total. The number of aryl methyl sites for hydroxylation is 1. The number of thiazole rings is 1. The molecule has 2 aromatic heterocycles. The standard InChI is InChI=1S/C12H10N4S2/c1-7-4-14-12(15-5-7)18-8-2-3-9-11(10(8)13)16-6-17-9/h2-6H,13H2,1H3. The van der Waals surface area contributed by atoms with Crippen molar-refractivity contribution in [1.29, 1.82) is 0 Å². The number of nitrogens with zero attached hydrogens (tertiary/aromatic N) is 3. The lowest BCUT2D eigenvalue weighted by Crippen LogP contribution is -1.92. The maximum Gasteiger partial charge on any atom is 0.192 e. The topological polar surface area (TPSA) is 64.7 Å². The van der Waals surface area contributed by atoms with E-state index in [0.717, 1.165) is 20.7 Å². The molecule has 4 nitrogen and oxygen atoms in total. The lowest BCUT2D eigenvalue weighted by Gasteiger charge is -2.04. The van der Waals surface area contributed by atoms with Crippen molar-refractivity contribution in [3.05, 3.63) is 35.6 Å². The Kier molecular flexibility index (Phi) is 2.89. The van der Waals surface area contributed by atoms with Crippen molar-refractivity contribution in [2.45, 2.75) is 17.0 Å². The van der Waals surface area contributed by atoms with E-state index in [0.29, 0.717) is 10.8 Å². The molecule has 0 aliphatic heterocycles. The van der Waals surface area contributed by atoms with Gasteiger partial charge in [-0.05, 0) is 36.4 Å². The zero-order valence-corrected chi connectivity index (χ0v) is 11.3. The van der Waals surface area contributed by atoms with Gasteiger partial charge >= 0.3 is 0 Å². The van der Waals surface area contributed by atoms with Crippen LogP contribution in [0.1, 0.15) is 5.56 Å². The molecule has 0 aliphatic carbocycles. The van der Waals surface area contributed by atoms with E-state index in [1.807, 2.05) is 19.1 Å². The molecule has 18 heavy (non-hydrogen) atoms. The third kappa shape index (κ3) is 2.04. The molecule has 0 atom stereocenters. The molecule has 3 rings (SSSR count). The summed E-state index contributed by atoms with van der Waals surface area (Å²) in [6, 6.07) is 4.02. The Bertz CT molecular complexity index is 691. The van der Waals surface area contributed by atoms with E-state index < -0.39 is 0 Å². The SMILES string of the molecule is Cc1cnc(Sc2ccc3scnc3c2N)nc1. The fourth-order valence-corrected chi connectivity index (χ4v) is 3.00.